The summed E-state index contributed by atoms with van der Waals surface area (Å²) in [5, 5.41) is 2.40. The first-order valence-corrected chi connectivity index (χ1v) is 6.23. The van der Waals surface area contributed by atoms with Crippen molar-refractivity contribution in [3.05, 3.63) is 65.3 Å². The van der Waals surface area contributed by atoms with E-state index in [1.807, 2.05) is 30.5 Å². The van der Waals surface area contributed by atoms with Gasteiger partial charge in [0, 0.05) is 21.6 Å². The molecule has 0 radical (unpaired) electrons. The Balaban J connectivity index is 2.14. The van der Waals surface area contributed by atoms with Crippen LogP contribution < -0.4 is 0 Å². The van der Waals surface area contributed by atoms with Crippen LogP contribution in [-0.2, 0) is 0 Å². The maximum absolute atomic E-state index is 4.49. The van der Waals surface area contributed by atoms with Gasteiger partial charge >= 0.3 is 0 Å². The van der Waals surface area contributed by atoms with Gasteiger partial charge < -0.3 is 0 Å². The molecule has 0 aliphatic rings. The maximum atomic E-state index is 4.49. The summed E-state index contributed by atoms with van der Waals surface area (Å²) in [6.45, 7) is 0. The highest BCUT2D eigenvalue weighted by Gasteiger charge is 2.00. The van der Waals surface area contributed by atoms with E-state index >= 15 is 0 Å². The van der Waals surface area contributed by atoms with Crippen LogP contribution in [0.1, 0.15) is 0 Å². The normalized spacial score (nSPS) is 10.6. The van der Waals surface area contributed by atoms with E-state index in [2.05, 4.69) is 51.2 Å². The van der Waals surface area contributed by atoms with Crippen LogP contribution in [0.25, 0.3) is 22.0 Å². The third kappa shape index (κ3) is 2.08. The number of benzene rings is 2. The van der Waals surface area contributed by atoms with Gasteiger partial charge in [0.1, 0.15) is 0 Å². The zero-order chi connectivity index (χ0) is 11.7. The lowest BCUT2D eigenvalue weighted by Crippen LogP contribution is -1.83. The van der Waals surface area contributed by atoms with Crippen molar-refractivity contribution in [2.45, 2.75) is 0 Å². The fourth-order valence-corrected chi connectivity index (χ4v) is 2.13. The molecule has 1 nitrogen and oxygen atoms in total. The lowest BCUT2D eigenvalue weighted by Gasteiger charge is -2.03. The fraction of sp³-hybridized carbons (Fsp3) is 0. The first-order valence-electron chi connectivity index (χ1n) is 5.44. The minimum absolute atomic E-state index is 1.01. The third-order valence-corrected chi connectivity index (χ3v) is 3.30. The Morgan fingerprint density at radius 1 is 0.824 bits per heavy atom. The van der Waals surface area contributed by atoms with E-state index in [-0.39, 0.29) is 0 Å². The molecule has 0 saturated heterocycles. The molecule has 0 N–H and O–H groups in total. The smallest absolute Gasteiger partial charge is 0.0708 e. The summed E-state index contributed by atoms with van der Waals surface area (Å²) in [7, 11) is 0. The van der Waals surface area contributed by atoms with Gasteiger partial charge in [-0.1, -0.05) is 52.3 Å². The van der Waals surface area contributed by atoms with Crippen LogP contribution in [0, 0.1) is 0 Å². The quantitative estimate of drug-likeness (QED) is 0.633. The van der Waals surface area contributed by atoms with Crippen molar-refractivity contribution in [3.8, 4) is 11.3 Å². The monoisotopic (exact) mass is 283 g/mol. The van der Waals surface area contributed by atoms with Gasteiger partial charge in [0.2, 0.25) is 0 Å². The van der Waals surface area contributed by atoms with Crippen LogP contribution in [0.15, 0.2) is 65.3 Å². The van der Waals surface area contributed by atoms with Gasteiger partial charge in [-0.05, 0) is 23.6 Å². The van der Waals surface area contributed by atoms with Crippen molar-refractivity contribution >= 4 is 26.7 Å². The van der Waals surface area contributed by atoms with Gasteiger partial charge in [-0.2, -0.15) is 0 Å². The van der Waals surface area contributed by atoms with E-state index in [0.717, 1.165) is 15.7 Å². The Morgan fingerprint density at radius 3 is 2.29 bits per heavy atom. The van der Waals surface area contributed by atoms with Crippen LogP contribution in [0.2, 0.25) is 0 Å². The van der Waals surface area contributed by atoms with E-state index in [4.69, 9.17) is 0 Å². The Morgan fingerprint density at radius 2 is 1.53 bits per heavy atom. The molecule has 1 heterocycles. The molecule has 82 valence electrons. The topological polar surface area (TPSA) is 12.9 Å². The van der Waals surface area contributed by atoms with Crippen molar-refractivity contribution in [2.24, 2.45) is 0 Å². The Bertz CT molecular complexity index is 659. The lowest BCUT2D eigenvalue weighted by molar-refractivity contribution is 1.35. The number of pyridine rings is 1. The maximum Gasteiger partial charge on any atom is 0.0708 e. The van der Waals surface area contributed by atoms with Crippen LogP contribution in [-0.4, -0.2) is 4.98 Å². The second kappa shape index (κ2) is 4.30. The Labute approximate surface area is 108 Å². The van der Waals surface area contributed by atoms with Gasteiger partial charge in [0.15, 0.2) is 0 Å². The molecule has 0 spiro atoms. The van der Waals surface area contributed by atoms with E-state index < -0.39 is 0 Å². The van der Waals surface area contributed by atoms with E-state index in [9.17, 15) is 0 Å². The predicted molar refractivity (Wildman–Crippen MR) is 74.9 cm³/mol. The molecule has 3 aromatic rings. The summed E-state index contributed by atoms with van der Waals surface area (Å²) in [5.41, 5.74) is 2.15. The molecular formula is C15H10BrN. The highest BCUT2D eigenvalue weighted by Crippen LogP contribution is 2.23. The summed E-state index contributed by atoms with van der Waals surface area (Å²) in [6.07, 6.45) is 1.92. The largest absolute Gasteiger partial charge is 0.256 e. The van der Waals surface area contributed by atoms with E-state index in [0.29, 0.717) is 0 Å². The molecule has 17 heavy (non-hydrogen) atoms. The fourth-order valence-electron chi connectivity index (χ4n) is 1.86. The van der Waals surface area contributed by atoms with E-state index in [1.165, 1.54) is 10.8 Å². The van der Waals surface area contributed by atoms with Gasteiger partial charge in [-0.3, -0.25) is 4.98 Å². The highest BCUT2D eigenvalue weighted by atomic mass is 79.9. The molecule has 3 rings (SSSR count). The molecule has 0 aliphatic carbocycles. The zero-order valence-corrected chi connectivity index (χ0v) is 10.7. The van der Waals surface area contributed by atoms with Crippen LogP contribution in [0.4, 0.5) is 0 Å². The summed E-state index contributed by atoms with van der Waals surface area (Å²) in [6, 6.07) is 18.6. The lowest BCUT2D eigenvalue weighted by atomic mass is 10.1. The van der Waals surface area contributed by atoms with Gasteiger partial charge in [-0.25, -0.2) is 0 Å². The molecule has 0 unspecified atom stereocenters. The van der Waals surface area contributed by atoms with Crippen LogP contribution in [0.5, 0.6) is 0 Å². The molecular weight excluding hydrogens is 274 g/mol. The average Bonchev–Trinajstić information content (AvgIpc) is 2.39. The van der Waals surface area contributed by atoms with E-state index in [1.54, 1.807) is 0 Å². The van der Waals surface area contributed by atoms with Crippen molar-refractivity contribution in [1.82, 2.24) is 4.98 Å². The van der Waals surface area contributed by atoms with Gasteiger partial charge in [-0.15, -0.1) is 0 Å². The van der Waals surface area contributed by atoms with Gasteiger partial charge in [0.25, 0.3) is 0 Å². The van der Waals surface area contributed by atoms with Crippen molar-refractivity contribution in [1.29, 1.82) is 0 Å². The van der Waals surface area contributed by atoms with Crippen LogP contribution >= 0.6 is 15.9 Å². The summed E-state index contributed by atoms with van der Waals surface area (Å²) < 4.78 is 1.09. The molecule has 0 saturated carbocycles. The molecule has 0 fully saturated rings. The molecule has 1 aromatic heterocycles. The molecule has 0 bridgehead atoms. The average molecular weight is 284 g/mol. The molecule has 2 heteroatoms. The predicted octanol–water partition coefficient (Wildman–Crippen LogP) is 4.66. The van der Waals surface area contributed by atoms with Crippen molar-refractivity contribution in [3.63, 3.8) is 0 Å². The standard InChI is InChI=1S/C15H10BrN/c16-14-7-5-11(6-8-14)15-9-12-3-1-2-4-13(12)10-17-15/h1-10H. The van der Waals surface area contributed by atoms with Crippen molar-refractivity contribution < 1.29 is 0 Å². The highest BCUT2D eigenvalue weighted by molar-refractivity contribution is 9.10. The first kappa shape index (κ1) is 10.5. The minimum Gasteiger partial charge on any atom is -0.256 e. The number of hydrogen-bond acceptors (Lipinski definition) is 1. The van der Waals surface area contributed by atoms with Crippen LogP contribution in [0.3, 0.4) is 0 Å². The molecule has 0 atom stereocenters. The Kier molecular flexibility index (Phi) is 2.65. The number of nitrogens with zero attached hydrogens (tertiary/aromatic N) is 1. The number of aromatic nitrogens is 1. The summed E-state index contributed by atoms with van der Waals surface area (Å²) in [5.74, 6) is 0. The number of hydrogen-bond donors (Lipinski definition) is 0. The first-order chi connectivity index (χ1) is 8.33. The number of rotatable bonds is 1. The summed E-state index contributed by atoms with van der Waals surface area (Å²) in [4.78, 5) is 4.49. The third-order valence-electron chi connectivity index (χ3n) is 2.77. The minimum atomic E-state index is 1.01. The second-order valence-corrected chi connectivity index (χ2v) is 4.84. The molecule has 0 amide bonds. The molecule has 0 aliphatic heterocycles. The Hall–Kier alpha value is -1.67. The molecule has 2 aromatic carbocycles. The van der Waals surface area contributed by atoms with Gasteiger partial charge in [0.05, 0.1) is 5.69 Å². The van der Waals surface area contributed by atoms with Crippen molar-refractivity contribution in [2.75, 3.05) is 0 Å². The zero-order valence-electron chi connectivity index (χ0n) is 9.10. The number of halogens is 1. The summed E-state index contributed by atoms with van der Waals surface area (Å²) >= 11 is 3.44. The SMILES string of the molecule is Brc1ccc(-c2cc3ccccc3cn2)cc1. The second-order valence-electron chi connectivity index (χ2n) is 3.92. The number of fused-ring (bicyclic) bond motifs is 1.